The minimum atomic E-state index is -0.306. The van der Waals surface area contributed by atoms with Crippen LogP contribution in [0.1, 0.15) is 28.4 Å². The van der Waals surface area contributed by atoms with E-state index in [-0.39, 0.29) is 12.5 Å². The van der Waals surface area contributed by atoms with Crippen molar-refractivity contribution in [2.75, 3.05) is 6.61 Å². The van der Waals surface area contributed by atoms with Crippen molar-refractivity contribution in [3.63, 3.8) is 0 Å². The molecule has 3 aromatic carbocycles. The van der Waals surface area contributed by atoms with Crippen molar-refractivity contribution in [1.29, 1.82) is 0 Å². The third-order valence-electron chi connectivity index (χ3n) is 4.17. The Morgan fingerprint density at radius 3 is 2.48 bits per heavy atom. The van der Waals surface area contributed by atoms with Gasteiger partial charge in [0.1, 0.15) is 6.61 Å². The number of carbonyl (C=O) groups excluding carboxylic acids is 1. The molecule has 31 heavy (non-hydrogen) atoms. The Balaban J connectivity index is 1.69. The molecule has 0 fully saturated rings. The zero-order chi connectivity index (χ0) is 22.2. The molecule has 8 heteroatoms. The van der Waals surface area contributed by atoms with Crippen LogP contribution < -0.4 is 14.9 Å². The molecule has 0 aliphatic heterocycles. The topological polar surface area (TPSA) is 59.9 Å². The Morgan fingerprint density at radius 2 is 1.77 bits per heavy atom. The summed E-state index contributed by atoms with van der Waals surface area (Å²) >= 11 is 15.8. The first kappa shape index (κ1) is 23.1. The van der Waals surface area contributed by atoms with E-state index in [2.05, 4.69) is 26.5 Å². The molecule has 0 atom stereocenters. The molecular weight excluding hydrogens is 503 g/mol. The number of hydrazone groups is 1. The predicted octanol–water partition coefficient (Wildman–Crippen LogP) is 6.50. The van der Waals surface area contributed by atoms with Crippen molar-refractivity contribution >= 4 is 51.3 Å². The highest BCUT2D eigenvalue weighted by Crippen LogP contribution is 2.31. The van der Waals surface area contributed by atoms with E-state index in [1.54, 1.807) is 54.6 Å². The van der Waals surface area contributed by atoms with Gasteiger partial charge in [-0.05, 0) is 61.0 Å². The van der Waals surface area contributed by atoms with E-state index < -0.39 is 0 Å². The standard InChI is InChI=1S/C23H19BrCl2N2O3/c1-2-30-22-11-15(13-27-28-23(29)16-5-3-6-17(24)12-16)9-10-21(22)31-14-18-19(25)7-4-8-20(18)26/h3-13H,2,14H2,1H3,(H,28,29)/b27-13-. The number of benzene rings is 3. The number of ether oxygens (including phenoxy) is 2. The number of nitrogens with zero attached hydrogens (tertiary/aromatic N) is 1. The van der Waals surface area contributed by atoms with Crippen molar-refractivity contribution in [3.8, 4) is 11.5 Å². The molecule has 0 saturated heterocycles. The quantitative estimate of drug-likeness (QED) is 0.272. The molecule has 0 unspecified atom stereocenters. The van der Waals surface area contributed by atoms with Gasteiger partial charge in [-0.15, -0.1) is 0 Å². The van der Waals surface area contributed by atoms with E-state index in [0.29, 0.717) is 39.3 Å². The summed E-state index contributed by atoms with van der Waals surface area (Å²) < 4.78 is 12.4. The van der Waals surface area contributed by atoms with Gasteiger partial charge in [0.25, 0.3) is 5.91 Å². The summed E-state index contributed by atoms with van der Waals surface area (Å²) in [6, 6.07) is 17.7. The lowest BCUT2D eigenvalue weighted by Gasteiger charge is -2.14. The Kier molecular flexibility index (Phi) is 8.35. The highest BCUT2D eigenvalue weighted by molar-refractivity contribution is 9.10. The Labute approximate surface area is 199 Å². The van der Waals surface area contributed by atoms with Crippen molar-refractivity contribution in [2.24, 2.45) is 5.10 Å². The maximum atomic E-state index is 12.2. The predicted molar refractivity (Wildman–Crippen MR) is 128 cm³/mol. The van der Waals surface area contributed by atoms with E-state index >= 15 is 0 Å². The van der Waals surface area contributed by atoms with Crippen LogP contribution in [0.5, 0.6) is 11.5 Å². The number of rotatable bonds is 8. The van der Waals surface area contributed by atoms with Gasteiger partial charge in [-0.1, -0.05) is 51.3 Å². The van der Waals surface area contributed by atoms with Crippen LogP contribution in [0.3, 0.4) is 0 Å². The Bertz CT molecular complexity index is 1090. The fourth-order valence-corrected chi connectivity index (χ4v) is 3.58. The van der Waals surface area contributed by atoms with Crippen molar-refractivity contribution in [1.82, 2.24) is 5.43 Å². The molecule has 0 heterocycles. The van der Waals surface area contributed by atoms with Gasteiger partial charge in [0.2, 0.25) is 0 Å². The second-order valence-corrected chi connectivity index (χ2v) is 8.07. The lowest BCUT2D eigenvalue weighted by atomic mass is 10.2. The number of hydrogen-bond donors (Lipinski definition) is 1. The van der Waals surface area contributed by atoms with Gasteiger partial charge in [0, 0.05) is 25.6 Å². The second-order valence-electron chi connectivity index (χ2n) is 6.34. The Hall–Kier alpha value is -2.54. The van der Waals surface area contributed by atoms with E-state index in [1.807, 2.05) is 13.0 Å². The maximum Gasteiger partial charge on any atom is 0.271 e. The summed E-state index contributed by atoms with van der Waals surface area (Å²) in [6.07, 6.45) is 1.53. The SMILES string of the molecule is CCOc1cc(/C=N\NC(=O)c2cccc(Br)c2)ccc1OCc1c(Cl)cccc1Cl. The molecule has 0 aromatic heterocycles. The summed E-state index contributed by atoms with van der Waals surface area (Å²) in [4.78, 5) is 12.2. The van der Waals surface area contributed by atoms with Gasteiger partial charge < -0.3 is 9.47 Å². The summed E-state index contributed by atoms with van der Waals surface area (Å²) in [5.41, 5.74) is 4.45. The molecule has 1 N–H and O–H groups in total. The molecule has 160 valence electrons. The summed E-state index contributed by atoms with van der Waals surface area (Å²) in [5, 5.41) is 5.10. The monoisotopic (exact) mass is 520 g/mol. The molecule has 3 aromatic rings. The molecule has 5 nitrogen and oxygen atoms in total. The van der Waals surface area contributed by atoms with Crippen LogP contribution in [0.4, 0.5) is 0 Å². The largest absolute Gasteiger partial charge is 0.490 e. The maximum absolute atomic E-state index is 12.2. The highest BCUT2D eigenvalue weighted by atomic mass is 79.9. The van der Waals surface area contributed by atoms with Crippen LogP contribution in [0.15, 0.2) is 70.2 Å². The van der Waals surface area contributed by atoms with Gasteiger partial charge in [0.05, 0.1) is 12.8 Å². The molecule has 0 radical (unpaired) electrons. The Morgan fingerprint density at radius 1 is 1.03 bits per heavy atom. The highest BCUT2D eigenvalue weighted by Gasteiger charge is 2.10. The number of amides is 1. The number of halogens is 3. The fraction of sp³-hybridized carbons (Fsp3) is 0.130. The van der Waals surface area contributed by atoms with Gasteiger partial charge >= 0.3 is 0 Å². The molecule has 0 spiro atoms. The van der Waals surface area contributed by atoms with Gasteiger partial charge in [0.15, 0.2) is 11.5 Å². The van der Waals surface area contributed by atoms with E-state index in [4.69, 9.17) is 32.7 Å². The van der Waals surface area contributed by atoms with Crippen molar-refractivity contribution in [3.05, 3.63) is 91.9 Å². The van der Waals surface area contributed by atoms with Crippen molar-refractivity contribution < 1.29 is 14.3 Å². The summed E-state index contributed by atoms with van der Waals surface area (Å²) in [5.74, 6) is 0.792. The molecule has 3 rings (SSSR count). The van der Waals surface area contributed by atoms with Crippen LogP contribution in [0.25, 0.3) is 0 Å². The average Bonchev–Trinajstić information content (AvgIpc) is 2.75. The molecule has 0 aliphatic carbocycles. The van der Waals surface area contributed by atoms with E-state index in [0.717, 1.165) is 10.0 Å². The zero-order valence-corrected chi connectivity index (χ0v) is 19.7. The van der Waals surface area contributed by atoms with Crippen LogP contribution >= 0.6 is 39.1 Å². The summed E-state index contributed by atoms with van der Waals surface area (Å²) in [6.45, 7) is 2.55. The van der Waals surface area contributed by atoms with Gasteiger partial charge in [-0.3, -0.25) is 4.79 Å². The molecule has 1 amide bonds. The lowest BCUT2D eigenvalue weighted by Crippen LogP contribution is -2.17. The van der Waals surface area contributed by atoms with Gasteiger partial charge in [-0.25, -0.2) is 5.43 Å². The van der Waals surface area contributed by atoms with Crippen LogP contribution in [0, 0.1) is 0 Å². The zero-order valence-electron chi connectivity index (χ0n) is 16.6. The number of nitrogens with one attached hydrogen (secondary N) is 1. The molecule has 0 aliphatic rings. The molecular formula is C23H19BrCl2N2O3. The first-order valence-electron chi connectivity index (χ1n) is 9.39. The second kappa shape index (κ2) is 11.2. The lowest BCUT2D eigenvalue weighted by molar-refractivity contribution is 0.0955. The molecule has 0 bridgehead atoms. The fourth-order valence-electron chi connectivity index (χ4n) is 2.67. The summed E-state index contributed by atoms with van der Waals surface area (Å²) in [7, 11) is 0. The minimum absolute atomic E-state index is 0.203. The van der Waals surface area contributed by atoms with Crippen LogP contribution in [-0.4, -0.2) is 18.7 Å². The van der Waals surface area contributed by atoms with Gasteiger partial charge in [-0.2, -0.15) is 5.10 Å². The van der Waals surface area contributed by atoms with Crippen LogP contribution in [0.2, 0.25) is 10.0 Å². The third-order valence-corrected chi connectivity index (χ3v) is 5.37. The van der Waals surface area contributed by atoms with Crippen LogP contribution in [-0.2, 0) is 6.61 Å². The normalized spacial score (nSPS) is 10.8. The third kappa shape index (κ3) is 6.47. The minimum Gasteiger partial charge on any atom is -0.490 e. The first-order valence-corrected chi connectivity index (χ1v) is 10.9. The number of carbonyl (C=O) groups is 1. The van der Waals surface area contributed by atoms with E-state index in [1.165, 1.54) is 6.21 Å². The first-order chi connectivity index (χ1) is 15.0. The molecule has 0 saturated carbocycles. The average molecular weight is 522 g/mol. The van der Waals surface area contributed by atoms with E-state index in [9.17, 15) is 4.79 Å². The number of hydrogen-bond acceptors (Lipinski definition) is 4. The smallest absolute Gasteiger partial charge is 0.271 e. The van der Waals surface area contributed by atoms with Crippen molar-refractivity contribution in [2.45, 2.75) is 13.5 Å².